The largest absolute Gasteiger partial charge is 0.481 e. The fraction of sp³-hybridized carbons (Fsp3) is 0.500. The monoisotopic (exact) mass is 1140 g/mol. The minimum atomic E-state index is -1.81. The summed E-state index contributed by atoms with van der Waals surface area (Å²) in [6, 6.07) is 2.03. The lowest BCUT2D eigenvalue weighted by atomic mass is 10.00. The molecular weight excluding hydrogens is 1070 g/mol. The number of carbonyl (C=O) groups is 12. The first-order valence-corrected chi connectivity index (χ1v) is 27.0. The smallest absolute Gasteiger partial charge is 0.325 e. The van der Waals surface area contributed by atoms with Crippen LogP contribution in [0.5, 0.6) is 0 Å². The maximum atomic E-state index is 14.1. The van der Waals surface area contributed by atoms with Crippen molar-refractivity contribution in [3.8, 4) is 0 Å². The third-order valence-corrected chi connectivity index (χ3v) is 13.2. The van der Waals surface area contributed by atoms with E-state index in [-0.39, 0.29) is 25.0 Å². The first kappa shape index (κ1) is 66.2. The van der Waals surface area contributed by atoms with Gasteiger partial charge in [0.15, 0.2) is 0 Å². The van der Waals surface area contributed by atoms with Crippen molar-refractivity contribution in [1.82, 2.24) is 47.5 Å². The number of para-hydroxylation sites is 1. The van der Waals surface area contributed by atoms with Gasteiger partial charge in [-0.2, -0.15) is 11.8 Å². The lowest BCUT2D eigenvalue weighted by molar-refractivity contribution is -0.142. The fourth-order valence-corrected chi connectivity index (χ4v) is 8.46. The minimum Gasteiger partial charge on any atom is -0.481 e. The van der Waals surface area contributed by atoms with E-state index in [0.717, 1.165) is 12.5 Å². The van der Waals surface area contributed by atoms with Crippen LogP contribution in [-0.2, 0) is 70.4 Å². The lowest BCUT2D eigenvalue weighted by Crippen LogP contribution is -2.62. The number of thioether (sulfide) groups is 1. The summed E-state index contributed by atoms with van der Waals surface area (Å²) in [7, 11) is 0. The summed E-state index contributed by atoms with van der Waals surface area (Å²) in [6.07, 6.45) is -2.25. The van der Waals surface area contributed by atoms with Crippen molar-refractivity contribution in [3.63, 3.8) is 0 Å². The van der Waals surface area contributed by atoms with E-state index in [2.05, 4.69) is 47.5 Å². The van der Waals surface area contributed by atoms with Gasteiger partial charge in [0, 0.05) is 42.8 Å². The van der Waals surface area contributed by atoms with Crippen LogP contribution in [0.1, 0.15) is 83.8 Å². The Morgan fingerprint density at radius 2 is 0.988 bits per heavy atom. The second-order valence-electron chi connectivity index (χ2n) is 19.3. The Labute approximate surface area is 465 Å². The third-order valence-electron chi connectivity index (χ3n) is 12.5. The van der Waals surface area contributed by atoms with Crippen molar-refractivity contribution in [1.29, 1.82) is 0 Å². The van der Waals surface area contributed by atoms with E-state index in [4.69, 9.17) is 11.5 Å². The highest BCUT2D eigenvalue weighted by molar-refractivity contribution is 7.98. The van der Waals surface area contributed by atoms with E-state index in [1.165, 1.54) is 18.7 Å². The number of primary amides is 1. The summed E-state index contributed by atoms with van der Waals surface area (Å²) < 4.78 is 0. The van der Waals surface area contributed by atoms with Gasteiger partial charge in [-0.1, -0.05) is 62.4 Å². The molecule has 80 heavy (non-hydrogen) atoms. The third kappa shape index (κ3) is 22.0. The highest BCUT2D eigenvalue weighted by atomic mass is 32.2. The zero-order valence-corrected chi connectivity index (χ0v) is 45.8. The highest BCUT2D eigenvalue weighted by Crippen LogP contribution is 2.20. The number of nitrogens with two attached hydrogens (primary N) is 2. The Balaban J connectivity index is 1.88. The zero-order valence-electron chi connectivity index (χ0n) is 44.9. The first-order chi connectivity index (χ1) is 37.7. The van der Waals surface area contributed by atoms with E-state index < -0.39 is 176 Å². The molecule has 9 amide bonds. The Kier molecular flexibility index (Phi) is 27.1. The van der Waals surface area contributed by atoms with Crippen LogP contribution < -0.4 is 54.0 Å². The molecule has 2 aromatic carbocycles. The van der Waals surface area contributed by atoms with Crippen LogP contribution in [0.15, 0.2) is 60.8 Å². The van der Waals surface area contributed by atoms with Gasteiger partial charge in [-0.05, 0) is 81.1 Å². The van der Waals surface area contributed by atoms with Crippen molar-refractivity contribution >= 4 is 93.7 Å². The molecule has 1 heterocycles. The van der Waals surface area contributed by atoms with Crippen molar-refractivity contribution in [3.05, 3.63) is 71.9 Å². The molecule has 3 aromatic rings. The quantitative estimate of drug-likeness (QED) is 0.0304. The summed E-state index contributed by atoms with van der Waals surface area (Å²) in [5.74, 6) is -13.7. The standard InChI is InChI=1S/C52H73N11O16S/c1-26(2)42(62-44(70)32(53)23-29-11-7-6-8-12-29)50(76)60-36(17-20-41(68)69)47(73)58-35(16-19-40(66)67)46(72)57-34(15-18-39(54)65)45(71)59-37(21-22-80-5)48(74)63-43(28(4)64)51(77)61-38(49(75)56-27(3)52(78)79)24-30-25-55-33-14-10-9-13-31(30)33/h6-14,25-28,32,34-38,42-43,55,64H,15-24,53H2,1-5H3,(H2,54,65)(H,56,75)(H,57,72)(H,58,73)(H,59,71)(H,60,76)(H,61,77)(H,62,70)(H,63,74)(H,66,67)(H,68,69)(H,78,79)/t27-,28+,32-,34-,35-,36-,37-,38-,42-,43-/m0/s1. The number of carboxylic acids is 3. The van der Waals surface area contributed by atoms with Crippen LogP contribution in [0, 0.1) is 5.92 Å². The van der Waals surface area contributed by atoms with Crippen molar-refractivity contribution < 1.29 is 78.0 Å². The topological polar surface area (TPSA) is 450 Å². The van der Waals surface area contributed by atoms with E-state index in [1.54, 1.807) is 80.9 Å². The molecular formula is C52H73N11O16S. The van der Waals surface area contributed by atoms with Gasteiger partial charge in [-0.15, -0.1) is 0 Å². The molecule has 1 aromatic heterocycles. The molecule has 0 aliphatic rings. The zero-order chi connectivity index (χ0) is 59.8. The molecule has 0 saturated heterocycles. The maximum absolute atomic E-state index is 14.1. The number of aliphatic carboxylic acids is 3. The number of aliphatic hydroxyl groups is 1. The van der Waals surface area contributed by atoms with Crippen LogP contribution in [0.2, 0.25) is 0 Å². The number of hydrogen-bond donors (Lipinski definition) is 15. The summed E-state index contributed by atoms with van der Waals surface area (Å²) in [5.41, 5.74) is 13.5. The molecule has 438 valence electrons. The van der Waals surface area contributed by atoms with Gasteiger partial charge >= 0.3 is 17.9 Å². The van der Waals surface area contributed by atoms with Gasteiger partial charge in [-0.25, -0.2) is 0 Å². The molecule has 17 N–H and O–H groups in total. The van der Waals surface area contributed by atoms with E-state index in [1.807, 2.05) is 0 Å². The van der Waals surface area contributed by atoms with Gasteiger partial charge in [-0.3, -0.25) is 57.5 Å². The maximum Gasteiger partial charge on any atom is 0.325 e. The summed E-state index contributed by atoms with van der Waals surface area (Å²) >= 11 is 1.24. The van der Waals surface area contributed by atoms with Crippen LogP contribution >= 0.6 is 11.8 Å². The van der Waals surface area contributed by atoms with E-state index >= 15 is 0 Å². The molecule has 0 radical (unpaired) electrons. The molecule has 0 saturated carbocycles. The molecule has 28 heteroatoms. The number of carboxylic acid groups (broad SMARTS) is 3. The number of benzene rings is 2. The van der Waals surface area contributed by atoms with Gasteiger partial charge in [0.05, 0.1) is 12.1 Å². The normalized spacial score (nSPS) is 14.9. The number of nitrogens with one attached hydrogen (secondary N) is 9. The number of aromatic amines is 1. The number of rotatable bonds is 35. The van der Waals surface area contributed by atoms with Crippen LogP contribution in [0.3, 0.4) is 0 Å². The Hall–Kier alpha value is -8.11. The number of H-pyrrole nitrogens is 1. The number of amides is 9. The molecule has 3 rings (SSSR count). The summed E-state index contributed by atoms with van der Waals surface area (Å²) in [5, 5.41) is 59.4. The van der Waals surface area contributed by atoms with Gasteiger partial charge in [0.2, 0.25) is 53.2 Å². The molecule has 10 atom stereocenters. The summed E-state index contributed by atoms with van der Waals surface area (Å²) in [6.45, 7) is 5.53. The SMILES string of the molecule is CSCC[C@H](NC(=O)[C@H](CCC(N)=O)NC(=O)[C@H](CCC(=O)O)NC(=O)[C@H](CCC(=O)O)NC(=O)[C@@H](NC(=O)[C@@H](N)Cc1ccccc1)C(C)C)C(=O)N[C@H](C(=O)N[C@@H](Cc1c[nH]c2ccccc12)C(=O)N[C@@H](C)C(=O)O)[C@@H](C)O. The van der Waals surface area contributed by atoms with Crippen molar-refractivity contribution in [2.45, 2.75) is 146 Å². The minimum absolute atomic E-state index is 0.116. The molecule has 0 bridgehead atoms. The second kappa shape index (κ2) is 32.7. The number of hydrogen-bond acceptors (Lipinski definition) is 15. The van der Waals surface area contributed by atoms with Crippen LogP contribution in [-0.4, -0.2) is 169 Å². The predicted molar refractivity (Wildman–Crippen MR) is 291 cm³/mol. The predicted octanol–water partition coefficient (Wildman–Crippen LogP) is -1.95. The number of aromatic nitrogens is 1. The van der Waals surface area contributed by atoms with Crippen molar-refractivity contribution in [2.75, 3.05) is 12.0 Å². The molecule has 0 unspecified atom stereocenters. The Bertz CT molecular complexity index is 2670. The van der Waals surface area contributed by atoms with Crippen molar-refractivity contribution in [2.24, 2.45) is 17.4 Å². The number of aliphatic hydroxyl groups excluding tert-OH is 1. The van der Waals surface area contributed by atoms with Crippen LogP contribution in [0.25, 0.3) is 10.9 Å². The Morgan fingerprint density at radius 1 is 0.537 bits per heavy atom. The van der Waals surface area contributed by atoms with Gasteiger partial charge in [0.1, 0.15) is 48.3 Å². The fourth-order valence-electron chi connectivity index (χ4n) is 7.99. The number of fused-ring (bicyclic) bond motifs is 1. The van der Waals surface area contributed by atoms with Gasteiger partial charge in [0.25, 0.3) is 0 Å². The molecule has 0 aliphatic carbocycles. The highest BCUT2D eigenvalue weighted by Gasteiger charge is 2.37. The Morgan fingerprint density at radius 3 is 1.49 bits per heavy atom. The second-order valence-corrected chi connectivity index (χ2v) is 20.3. The molecule has 0 aliphatic heterocycles. The van der Waals surface area contributed by atoms with E-state index in [0.29, 0.717) is 16.5 Å². The van der Waals surface area contributed by atoms with Gasteiger partial charge < -0.3 is 79.4 Å². The molecule has 0 spiro atoms. The average Bonchev–Trinajstić information content (AvgIpc) is 3.81. The summed E-state index contributed by atoms with van der Waals surface area (Å²) in [4.78, 5) is 161. The average molecular weight is 1140 g/mol. The van der Waals surface area contributed by atoms with Crippen LogP contribution in [0.4, 0.5) is 0 Å². The number of carbonyl (C=O) groups excluding carboxylic acids is 9. The molecule has 0 fully saturated rings. The van der Waals surface area contributed by atoms with E-state index in [9.17, 15) is 78.0 Å². The first-order valence-electron chi connectivity index (χ1n) is 25.6. The molecule has 27 nitrogen and oxygen atoms in total. The lowest BCUT2D eigenvalue weighted by Gasteiger charge is -2.29.